The second-order valence-corrected chi connectivity index (χ2v) is 5.59. The van der Waals surface area contributed by atoms with Gasteiger partial charge in [0.15, 0.2) is 5.43 Å². The summed E-state index contributed by atoms with van der Waals surface area (Å²) in [5.74, 6) is 0.641. The van der Waals surface area contributed by atoms with Crippen molar-refractivity contribution in [2.45, 2.75) is 0 Å². The summed E-state index contributed by atoms with van der Waals surface area (Å²) in [4.78, 5) is 28.3. The fourth-order valence-electron chi connectivity index (χ4n) is 2.90. The molecule has 2 N–H and O–H groups in total. The number of rotatable bonds is 3. The Bertz CT molecular complexity index is 1170. The van der Waals surface area contributed by atoms with Gasteiger partial charge in [-0.05, 0) is 24.3 Å². The van der Waals surface area contributed by atoms with Crippen LogP contribution in [-0.2, 0) is 0 Å². The molecule has 0 aliphatic heterocycles. The number of hydrogen-bond acceptors (Lipinski definition) is 3. The summed E-state index contributed by atoms with van der Waals surface area (Å²) in [7, 11) is 1.57. The average molecular weight is 333 g/mol. The number of pyridine rings is 1. The maximum atomic E-state index is 12.6. The molecule has 4 aromatic rings. The quantitative estimate of drug-likeness (QED) is 0.605. The lowest BCUT2D eigenvalue weighted by Gasteiger charge is -2.07. The standard InChI is InChI=1S/C19H15N3O3/c1-25-16-10-6-5-9-13(16)14-11-15(23)17-18(20-14)21-22(19(17)24)12-7-3-2-4-8-12/h2-11H,1H3,(H2,20,21,23). The van der Waals surface area contributed by atoms with Crippen LogP contribution in [0.15, 0.2) is 70.3 Å². The summed E-state index contributed by atoms with van der Waals surface area (Å²) in [6.07, 6.45) is 0. The zero-order chi connectivity index (χ0) is 17.4. The molecule has 2 heterocycles. The molecule has 0 fully saturated rings. The number of benzene rings is 2. The maximum absolute atomic E-state index is 12.6. The van der Waals surface area contributed by atoms with E-state index in [1.807, 2.05) is 42.5 Å². The summed E-state index contributed by atoms with van der Waals surface area (Å²) in [6.45, 7) is 0. The molecular formula is C19H15N3O3. The third-order valence-corrected chi connectivity index (χ3v) is 4.08. The van der Waals surface area contributed by atoms with Crippen LogP contribution in [0.3, 0.4) is 0 Å². The van der Waals surface area contributed by atoms with Gasteiger partial charge in [-0.3, -0.25) is 14.7 Å². The highest BCUT2D eigenvalue weighted by Gasteiger charge is 2.15. The predicted molar refractivity (Wildman–Crippen MR) is 96.5 cm³/mol. The number of nitrogens with one attached hydrogen (secondary N) is 2. The molecule has 2 aromatic carbocycles. The Morgan fingerprint density at radius 1 is 0.960 bits per heavy atom. The molecule has 0 saturated carbocycles. The Kier molecular flexibility index (Phi) is 3.50. The van der Waals surface area contributed by atoms with Crippen molar-refractivity contribution in [2.75, 3.05) is 7.11 Å². The number of methoxy groups -OCH3 is 1. The van der Waals surface area contributed by atoms with Crippen LogP contribution in [0.4, 0.5) is 0 Å². The van der Waals surface area contributed by atoms with Gasteiger partial charge >= 0.3 is 0 Å². The lowest BCUT2D eigenvalue weighted by Crippen LogP contribution is -2.18. The number of ether oxygens (including phenoxy) is 1. The van der Waals surface area contributed by atoms with Crippen molar-refractivity contribution >= 4 is 11.0 Å². The van der Waals surface area contributed by atoms with Gasteiger partial charge in [0.05, 0.1) is 18.5 Å². The lowest BCUT2D eigenvalue weighted by molar-refractivity contribution is 0.416. The van der Waals surface area contributed by atoms with Gasteiger partial charge in [-0.15, -0.1) is 0 Å². The Balaban J connectivity index is 1.97. The summed E-state index contributed by atoms with van der Waals surface area (Å²) in [5, 5.41) is 3.08. The van der Waals surface area contributed by atoms with Gasteiger partial charge in [-0.2, -0.15) is 0 Å². The number of aromatic amines is 2. The zero-order valence-corrected chi connectivity index (χ0v) is 13.4. The van der Waals surface area contributed by atoms with Gasteiger partial charge < -0.3 is 9.72 Å². The predicted octanol–water partition coefficient (Wildman–Crippen LogP) is 2.68. The van der Waals surface area contributed by atoms with E-state index in [9.17, 15) is 9.59 Å². The topological polar surface area (TPSA) is 79.9 Å². The SMILES string of the molecule is COc1ccccc1-c1cc(=O)c2c(=O)n(-c3ccccc3)[nH]c2[nH]1. The molecule has 0 amide bonds. The van der Waals surface area contributed by atoms with Gasteiger partial charge in [-0.25, -0.2) is 4.68 Å². The first-order valence-electron chi connectivity index (χ1n) is 7.76. The van der Waals surface area contributed by atoms with Crippen LogP contribution < -0.4 is 15.7 Å². The molecule has 0 atom stereocenters. The van der Waals surface area contributed by atoms with E-state index in [1.54, 1.807) is 19.2 Å². The van der Waals surface area contributed by atoms with Crippen LogP contribution in [0.5, 0.6) is 5.75 Å². The largest absolute Gasteiger partial charge is 0.496 e. The number of aromatic nitrogens is 3. The van der Waals surface area contributed by atoms with E-state index in [2.05, 4.69) is 10.1 Å². The van der Waals surface area contributed by atoms with Gasteiger partial charge in [0.1, 0.15) is 16.8 Å². The normalized spacial score (nSPS) is 10.9. The van der Waals surface area contributed by atoms with E-state index in [-0.39, 0.29) is 16.4 Å². The third-order valence-electron chi connectivity index (χ3n) is 4.08. The minimum absolute atomic E-state index is 0.0995. The first-order valence-corrected chi connectivity index (χ1v) is 7.76. The molecule has 25 heavy (non-hydrogen) atoms. The zero-order valence-electron chi connectivity index (χ0n) is 13.4. The number of fused-ring (bicyclic) bond motifs is 1. The van der Waals surface area contributed by atoms with Gasteiger partial charge in [-0.1, -0.05) is 30.3 Å². The molecule has 6 heteroatoms. The third kappa shape index (κ3) is 2.44. The molecule has 0 aliphatic rings. The highest BCUT2D eigenvalue weighted by atomic mass is 16.5. The first-order chi connectivity index (χ1) is 12.2. The summed E-state index contributed by atoms with van der Waals surface area (Å²) < 4.78 is 6.71. The van der Waals surface area contributed by atoms with E-state index in [0.717, 1.165) is 5.56 Å². The molecule has 0 saturated heterocycles. The molecule has 0 aliphatic carbocycles. The summed E-state index contributed by atoms with van der Waals surface area (Å²) >= 11 is 0. The fourth-order valence-corrected chi connectivity index (χ4v) is 2.90. The highest BCUT2D eigenvalue weighted by molar-refractivity contribution is 5.79. The molecule has 0 bridgehead atoms. The monoisotopic (exact) mass is 333 g/mol. The Labute approximate surface area is 142 Å². The first kappa shape index (κ1) is 15.0. The number of hydrogen-bond donors (Lipinski definition) is 2. The van der Waals surface area contributed by atoms with Crippen LogP contribution in [0, 0.1) is 0 Å². The van der Waals surface area contributed by atoms with Crippen molar-refractivity contribution in [3.05, 3.63) is 81.2 Å². The Hall–Kier alpha value is -3.54. The van der Waals surface area contributed by atoms with Gasteiger partial charge in [0, 0.05) is 11.6 Å². The summed E-state index contributed by atoms with van der Waals surface area (Å²) in [5.41, 5.74) is 1.64. The van der Waals surface area contributed by atoms with Crippen LogP contribution >= 0.6 is 0 Å². The number of para-hydroxylation sites is 2. The number of nitrogens with zero attached hydrogens (tertiary/aromatic N) is 1. The van der Waals surface area contributed by atoms with E-state index >= 15 is 0 Å². The van der Waals surface area contributed by atoms with Crippen molar-refractivity contribution in [1.29, 1.82) is 0 Å². The summed E-state index contributed by atoms with van der Waals surface area (Å²) in [6, 6.07) is 17.9. The van der Waals surface area contributed by atoms with Crippen LogP contribution in [-0.4, -0.2) is 21.9 Å². The van der Waals surface area contributed by atoms with Gasteiger partial charge in [0.2, 0.25) is 0 Å². The van der Waals surface area contributed by atoms with Crippen molar-refractivity contribution < 1.29 is 4.74 Å². The van der Waals surface area contributed by atoms with Crippen LogP contribution in [0.2, 0.25) is 0 Å². The Morgan fingerprint density at radius 3 is 2.44 bits per heavy atom. The minimum atomic E-state index is -0.381. The van der Waals surface area contributed by atoms with Crippen molar-refractivity contribution in [3.63, 3.8) is 0 Å². The molecule has 0 spiro atoms. The second kappa shape index (κ2) is 5.83. The molecular weight excluding hydrogens is 318 g/mol. The van der Waals surface area contributed by atoms with E-state index < -0.39 is 0 Å². The van der Waals surface area contributed by atoms with Crippen molar-refractivity contribution in [3.8, 4) is 22.7 Å². The molecule has 6 nitrogen and oxygen atoms in total. The minimum Gasteiger partial charge on any atom is -0.496 e. The van der Waals surface area contributed by atoms with Gasteiger partial charge in [0.25, 0.3) is 5.56 Å². The molecule has 0 radical (unpaired) electrons. The van der Waals surface area contributed by atoms with Crippen LogP contribution in [0.25, 0.3) is 28.0 Å². The molecule has 0 unspecified atom stereocenters. The Morgan fingerprint density at radius 2 is 1.68 bits per heavy atom. The molecule has 2 aromatic heterocycles. The average Bonchev–Trinajstić information content (AvgIpc) is 2.99. The second-order valence-electron chi connectivity index (χ2n) is 5.59. The van der Waals surface area contributed by atoms with E-state index in [4.69, 9.17) is 4.74 Å². The lowest BCUT2D eigenvalue weighted by atomic mass is 10.1. The number of H-pyrrole nitrogens is 2. The highest BCUT2D eigenvalue weighted by Crippen LogP contribution is 2.27. The fraction of sp³-hybridized carbons (Fsp3) is 0.0526. The van der Waals surface area contributed by atoms with Crippen LogP contribution in [0.1, 0.15) is 0 Å². The van der Waals surface area contributed by atoms with Crippen molar-refractivity contribution in [1.82, 2.24) is 14.8 Å². The smallest absolute Gasteiger partial charge is 0.284 e. The molecule has 4 rings (SSSR count). The van der Waals surface area contributed by atoms with Crippen molar-refractivity contribution in [2.24, 2.45) is 0 Å². The van der Waals surface area contributed by atoms with E-state index in [0.29, 0.717) is 22.8 Å². The van der Waals surface area contributed by atoms with E-state index in [1.165, 1.54) is 10.7 Å². The maximum Gasteiger partial charge on any atom is 0.284 e. The molecule has 124 valence electrons.